The van der Waals surface area contributed by atoms with Crippen molar-refractivity contribution in [1.29, 1.82) is 0 Å². The van der Waals surface area contributed by atoms with Gasteiger partial charge in [0.05, 0.1) is 0 Å². The van der Waals surface area contributed by atoms with E-state index < -0.39 is 74.6 Å². The minimum Gasteiger partial charge on any atom is -0.346 e. The van der Waals surface area contributed by atoms with Crippen LogP contribution in [0.25, 0.3) is 0 Å². The Labute approximate surface area is 302 Å². The minimum absolute atomic E-state index is 0.0252. The molecule has 0 spiro atoms. The number of likely N-dealkylation sites (tertiary alicyclic amines) is 1. The molecule has 2 heterocycles. The van der Waals surface area contributed by atoms with E-state index in [9.17, 15) is 32.4 Å². The van der Waals surface area contributed by atoms with Gasteiger partial charge >= 0.3 is 6.03 Å². The van der Waals surface area contributed by atoms with E-state index in [1.807, 2.05) is 55.4 Å². The predicted molar refractivity (Wildman–Crippen MR) is 191 cm³/mol. The number of aromatic nitrogens is 1. The number of pyridine rings is 1. The quantitative estimate of drug-likeness (QED) is 0.166. The number of carbonyl (C=O) groups is 5. The van der Waals surface area contributed by atoms with Crippen molar-refractivity contribution in [2.24, 2.45) is 34.0 Å². The molecule has 1 aromatic heterocycles. The van der Waals surface area contributed by atoms with Crippen LogP contribution in [0.15, 0.2) is 42.1 Å². The fraction of sp³-hybridized carbons (Fsp3) is 0.667. The molecule has 14 nitrogen and oxygen atoms in total. The van der Waals surface area contributed by atoms with Crippen LogP contribution in [0.3, 0.4) is 0 Å². The lowest BCUT2D eigenvalue weighted by molar-refractivity contribution is -0.145. The first-order valence-electron chi connectivity index (χ1n) is 17.5. The third-order valence-corrected chi connectivity index (χ3v) is 12.4. The smallest absolute Gasteiger partial charge is 0.315 e. The molecule has 2 saturated carbocycles. The number of carbonyl (C=O) groups excluding carboxylic acids is 5. The van der Waals surface area contributed by atoms with Crippen LogP contribution in [0.4, 0.5) is 4.79 Å². The van der Waals surface area contributed by atoms with Crippen molar-refractivity contribution in [2.45, 2.75) is 97.3 Å². The molecule has 6 atom stereocenters. The van der Waals surface area contributed by atoms with Crippen LogP contribution >= 0.6 is 0 Å². The molecule has 0 radical (unpaired) electrons. The van der Waals surface area contributed by atoms with E-state index in [0.717, 1.165) is 4.31 Å². The Kier molecular flexibility index (Phi) is 11.5. The molecule has 3 aliphatic rings. The first-order valence-corrected chi connectivity index (χ1v) is 18.9. The minimum atomic E-state index is -3.90. The van der Waals surface area contributed by atoms with Crippen LogP contribution in [-0.4, -0.2) is 103 Å². The van der Waals surface area contributed by atoms with Crippen molar-refractivity contribution < 1.29 is 32.4 Å². The molecule has 1 aliphatic heterocycles. The first kappa shape index (κ1) is 39.9. The van der Waals surface area contributed by atoms with Crippen molar-refractivity contribution in [2.75, 3.05) is 26.7 Å². The van der Waals surface area contributed by atoms with Gasteiger partial charge in [0.25, 0.3) is 5.91 Å². The number of piperidine rings is 1. The average molecular weight is 730 g/mol. The largest absolute Gasteiger partial charge is 0.346 e. The number of amides is 5. The summed E-state index contributed by atoms with van der Waals surface area (Å²) in [6.07, 6.45) is 5.60. The number of likely N-dealkylation sites (N-methyl/N-ethyl adjacent to an activating group) is 1. The molecule has 1 unspecified atom stereocenters. The monoisotopic (exact) mass is 729 g/mol. The second-order valence-corrected chi connectivity index (χ2v) is 18.9. The molecule has 2 aliphatic carbocycles. The molecular weight excluding hydrogens is 675 g/mol. The normalized spacial score (nSPS) is 22.9. The topological polar surface area (TPSA) is 187 Å². The van der Waals surface area contributed by atoms with E-state index >= 15 is 0 Å². The van der Waals surface area contributed by atoms with Gasteiger partial charge in [-0.15, -0.1) is 6.58 Å². The van der Waals surface area contributed by atoms with Crippen molar-refractivity contribution in [3.63, 3.8) is 0 Å². The first-order chi connectivity index (χ1) is 23.5. The number of ketones is 1. The Morgan fingerprint density at radius 3 is 2.24 bits per heavy atom. The molecular formula is C36H55N7O7S. The summed E-state index contributed by atoms with van der Waals surface area (Å²) in [5.74, 6) is -2.75. The lowest BCUT2D eigenvalue weighted by Crippen LogP contribution is -2.63. The Hall–Kier alpha value is -3.85. The highest BCUT2D eigenvalue weighted by molar-refractivity contribution is 7.89. The summed E-state index contributed by atoms with van der Waals surface area (Å²) in [4.78, 5) is 73.2. The molecule has 1 saturated heterocycles. The molecule has 3 fully saturated rings. The summed E-state index contributed by atoms with van der Waals surface area (Å²) in [5.41, 5.74) is -1.59. The lowest BCUT2D eigenvalue weighted by atomic mass is 9.85. The maximum Gasteiger partial charge on any atom is 0.315 e. The van der Waals surface area contributed by atoms with E-state index in [-0.39, 0.29) is 41.2 Å². The van der Waals surface area contributed by atoms with Gasteiger partial charge in [-0.05, 0) is 59.0 Å². The van der Waals surface area contributed by atoms with Crippen LogP contribution in [0.1, 0.15) is 68.2 Å². The maximum absolute atomic E-state index is 14.4. The third kappa shape index (κ3) is 8.79. The van der Waals surface area contributed by atoms with Gasteiger partial charge in [0.2, 0.25) is 27.6 Å². The van der Waals surface area contributed by atoms with Crippen LogP contribution in [0, 0.1) is 34.0 Å². The molecule has 15 heteroatoms. The van der Waals surface area contributed by atoms with E-state index in [4.69, 9.17) is 0 Å². The standard InChI is InChI=1S/C36H55N7O7S/c1-11-16-38-31(46)28(44)26(21-14-15-21)40-30(45)27-25-23(36(25,8)9)19-43(27)32(47)29(35(5,6)7)41-33(48)39-24(34(2,3)4)20-42(10)51(49,50)22-13-12-17-37-18-22/h11-13,17-18,21,23-27,29H,1,14-16,19-20H2,2-10H3,(H,38,46)(H,40,45)(H2,39,41,48)/t23-,24+,25-,26?,27-,29+/m0/s1. The van der Waals surface area contributed by atoms with Crippen molar-refractivity contribution in [1.82, 2.24) is 35.5 Å². The molecule has 1 aromatic rings. The number of urea groups is 1. The number of sulfonamides is 1. The van der Waals surface area contributed by atoms with E-state index in [1.165, 1.54) is 42.6 Å². The number of Topliss-reactive ketones (excluding diaryl/α,β-unsaturated/α-hetero) is 1. The summed E-state index contributed by atoms with van der Waals surface area (Å²) in [6, 6.07) is -1.30. The zero-order chi connectivity index (χ0) is 38.3. The van der Waals surface area contributed by atoms with Gasteiger partial charge < -0.3 is 26.2 Å². The summed E-state index contributed by atoms with van der Waals surface area (Å²) < 4.78 is 27.6. The van der Waals surface area contributed by atoms with Crippen LogP contribution in [-0.2, 0) is 29.2 Å². The highest BCUT2D eigenvalue weighted by Crippen LogP contribution is 2.65. The number of fused-ring (bicyclic) bond motifs is 1. The molecule has 4 rings (SSSR count). The molecule has 4 N–H and O–H groups in total. The predicted octanol–water partition coefficient (Wildman–Crippen LogP) is 2.08. The summed E-state index contributed by atoms with van der Waals surface area (Å²) in [5, 5.41) is 11.1. The highest BCUT2D eigenvalue weighted by Gasteiger charge is 2.70. The maximum atomic E-state index is 14.4. The Balaban J connectivity index is 1.52. The molecule has 282 valence electrons. The average Bonchev–Trinajstić information content (AvgIpc) is 3.92. The highest BCUT2D eigenvalue weighted by atomic mass is 32.2. The summed E-state index contributed by atoms with van der Waals surface area (Å²) >= 11 is 0. The van der Waals surface area contributed by atoms with Crippen LogP contribution in [0.2, 0.25) is 0 Å². The van der Waals surface area contributed by atoms with E-state index in [2.05, 4.69) is 32.8 Å². The van der Waals surface area contributed by atoms with Crippen molar-refractivity contribution in [3.05, 3.63) is 37.2 Å². The van der Waals surface area contributed by atoms with E-state index in [1.54, 1.807) is 0 Å². The fourth-order valence-corrected chi connectivity index (χ4v) is 8.14. The Morgan fingerprint density at radius 2 is 1.71 bits per heavy atom. The van der Waals surface area contributed by atoms with Crippen molar-refractivity contribution >= 4 is 39.6 Å². The van der Waals surface area contributed by atoms with Gasteiger partial charge in [0.1, 0.15) is 23.0 Å². The summed E-state index contributed by atoms with van der Waals surface area (Å²) in [7, 11) is -2.46. The molecule has 5 amide bonds. The van der Waals surface area contributed by atoms with Gasteiger partial charge in [-0.1, -0.05) is 61.5 Å². The van der Waals surface area contributed by atoms with Gasteiger partial charge in [-0.3, -0.25) is 24.2 Å². The Bertz CT molecular complexity index is 1630. The van der Waals surface area contributed by atoms with Gasteiger partial charge in [-0.2, -0.15) is 4.31 Å². The van der Waals surface area contributed by atoms with Gasteiger partial charge in [-0.25, -0.2) is 13.2 Å². The van der Waals surface area contributed by atoms with Crippen LogP contribution in [0.5, 0.6) is 0 Å². The van der Waals surface area contributed by atoms with Crippen LogP contribution < -0.4 is 21.3 Å². The van der Waals surface area contributed by atoms with E-state index in [0.29, 0.717) is 19.4 Å². The Morgan fingerprint density at radius 1 is 1.06 bits per heavy atom. The van der Waals surface area contributed by atoms with Gasteiger partial charge in [0.15, 0.2) is 0 Å². The van der Waals surface area contributed by atoms with Crippen molar-refractivity contribution in [3.8, 4) is 0 Å². The number of nitrogens with one attached hydrogen (secondary N) is 4. The lowest BCUT2D eigenvalue weighted by Gasteiger charge is -2.39. The second-order valence-electron chi connectivity index (χ2n) is 16.9. The number of rotatable bonds is 14. The number of nitrogens with zero attached hydrogens (tertiary/aromatic N) is 3. The SMILES string of the molecule is C=CCNC(=O)C(=O)C(NC(=O)[C@@H]1[C@@H]2[C@H](CN1C(=O)[C@@H](NC(=O)N[C@H](CN(C)S(=O)(=O)c1cccnc1)C(C)(C)C)C(C)(C)C)C2(C)C)C1CC1. The molecule has 51 heavy (non-hydrogen) atoms. The zero-order valence-electron chi connectivity index (χ0n) is 31.3. The number of hydrogen-bond acceptors (Lipinski definition) is 8. The fourth-order valence-electron chi connectivity index (χ4n) is 6.99. The zero-order valence-corrected chi connectivity index (χ0v) is 32.1. The molecule has 0 aromatic carbocycles. The summed E-state index contributed by atoms with van der Waals surface area (Å²) in [6.45, 7) is 19.1. The molecule has 0 bridgehead atoms. The third-order valence-electron chi connectivity index (χ3n) is 10.6. The second kappa shape index (κ2) is 14.6. The number of hydrogen-bond donors (Lipinski definition) is 4. The van der Waals surface area contributed by atoms with Gasteiger partial charge in [0, 0.05) is 45.1 Å².